The first-order valence-corrected chi connectivity index (χ1v) is 7.75. The van der Waals surface area contributed by atoms with E-state index in [1.165, 1.54) is 0 Å². The molecule has 110 valence electrons. The molecule has 0 saturated heterocycles. The predicted octanol–water partition coefficient (Wildman–Crippen LogP) is 3.45. The molecule has 0 saturated carbocycles. The first kappa shape index (κ1) is 14.3. The molecule has 2 aliphatic rings. The first-order chi connectivity index (χ1) is 9.87. The summed E-state index contributed by atoms with van der Waals surface area (Å²) in [7, 11) is 0. The first-order valence-electron chi connectivity index (χ1n) is 6.95. The van der Waals surface area contributed by atoms with Gasteiger partial charge in [0.25, 0.3) is 0 Å². The van der Waals surface area contributed by atoms with E-state index >= 15 is 0 Å². The zero-order valence-electron chi connectivity index (χ0n) is 12.0. The van der Waals surface area contributed by atoms with Crippen molar-refractivity contribution in [3.05, 3.63) is 45.6 Å². The van der Waals surface area contributed by atoms with E-state index in [-0.39, 0.29) is 23.3 Å². The number of carbonyl (C=O) groups excluding carboxylic acids is 2. The van der Waals surface area contributed by atoms with Crippen molar-refractivity contribution in [1.29, 1.82) is 0 Å². The zero-order chi connectivity index (χ0) is 15.2. The van der Waals surface area contributed by atoms with Gasteiger partial charge in [0.05, 0.1) is 6.04 Å². The molecule has 0 fully saturated rings. The van der Waals surface area contributed by atoms with E-state index in [4.69, 9.17) is 0 Å². The average Bonchev–Trinajstić information content (AvgIpc) is 2.36. The van der Waals surface area contributed by atoms with Crippen molar-refractivity contribution < 1.29 is 9.59 Å². The number of Topliss-reactive ketones (excluding diaryl/α,β-unsaturated/α-hetero) is 1. The van der Waals surface area contributed by atoms with Crippen LogP contribution in [0.2, 0.25) is 0 Å². The second-order valence-corrected chi connectivity index (χ2v) is 7.24. The Morgan fingerprint density at radius 2 is 1.90 bits per heavy atom. The summed E-state index contributed by atoms with van der Waals surface area (Å²) >= 11 is 3.51. The largest absolute Gasteiger partial charge is 0.327 e. The van der Waals surface area contributed by atoms with Gasteiger partial charge in [-0.3, -0.25) is 4.79 Å². The van der Waals surface area contributed by atoms with Gasteiger partial charge >= 0.3 is 6.03 Å². The van der Waals surface area contributed by atoms with Gasteiger partial charge in [-0.2, -0.15) is 0 Å². The van der Waals surface area contributed by atoms with Gasteiger partial charge in [0.1, 0.15) is 0 Å². The SMILES string of the molecule is CC1(C)CC(=O)C2=C(C1)NC(=O)NC2c1ccccc1Br. The monoisotopic (exact) mass is 348 g/mol. The van der Waals surface area contributed by atoms with Crippen LogP contribution < -0.4 is 10.6 Å². The molecule has 21 heavy (non-hydrogen) atoms. The standard InChI is InChI=1S/C16H17BrN2O2/c1-16(2)7-11-13(12(20)8-16)14(19-15(21)18-11)9-5-3-4-6-10(9)17/h3-6,14H,7-8H2,1-2H3,(H2,18,19,21). The maximum Gasteiger partial charge on any atom is 0.319 e. The van der Waals surface area contributed by atoms with Crippen molar-refractivity contribution in [2.24, 2.45) is 5.41 Å². The lowest BCUT2D eigenvalue weighted by Gasteiger charge is -2.38. The molecule has 1 heterocycles. The third-order valence-corrected chi connectivity index (χ3v) is 4.69. The number of nitrogens with one attached hydrogen (secondary N) is 2. The third-order valence-electron chi connectivity index (χ3n) is 3.96. The summed E-state index contributed by atoms with van der Waals surface area (Å²) in [6.07, 6.45) is 1.22. The molecule has 2 amide bonds. The van der Waals surface area contributed by atoms with Crippen molar-refractivity contribution in [3.8, 4) is 0 Å². The topological polar surface area (TPSA) is 58.2 Å². The van der Waals surface area contributed by atoms with E-state index in [0.29, 0.717) is 18.4 Å². The van der Waals surface area contributed by atoms with E-state index in [0.717, 1.165) is 15.7 Å². The lowest BCUT2D eigenvalue weighted by atomic mass is 9.73. The van der Waals surface area contributed by atoms with Crippen LogP contribution in [0.1, 0.15) is 38.3 Å². The average molecular weight is 349 g/mol. The van der Waals surface area contributed by atoms with Gasteiger partial charge in [0.15, 0.2) is 5.78 Å². The van der Waals surface area contributed by atoms with Gasteiger partial charge in [0.2, 0.25) is 0 Å². The van der Waals surface area contributed by atoms with Crippen molar-refractivity contribution >= 4 is 27.7 Å². The van der Waals surface area contributed by atoms with Gasteiger partial charge in [-0.15, -0.1) is 0 Å². The highest BCUT2D eigenvalue weighted by Gasteiger charge is 2.40. The normalized spacial score (nSPS) is 24.2. The van der Waals surface area contributed by atoms with Gasteiger partial charge in [-0.1, -0.05) is 48.0 Å². The minimum atomic E-state index is -0.382. The maximum atomic E-state index is 12.6. The third kappa shape index (κ3) is 2.62. The quantitative estimate of drug-likeness (QED) is 0.816. The maximum absolute atomic E-state index is 12.6. The Balaban J connectivity index is 2.11. The van der Waals surface area contributed by atoms with Crippen LogP contribution in [0.25, 0.3) is 0 Å². The van der Waals surface area contributed by atoms with E-state index in [1.807, 2.05) is 24.3 Å². The number of carbonyl (C=O) groups is 2. The molecule has 4 nitrogen and oxygen atoms in total. The Kier molecular flexibility index (Phi) is 3.40. The van der Waals surface area contributed by atoms with Crippen molar-refractivity contribution in [1.82, 2.24) is 10.6 Å². The van der Waals surface area contributed by atoms with Crippen molar-refractivity contribution in [2.75, 3.05) is 0 Å². The second-order valence-electron chi connectivity index (χ2n) is 6.39. The Hall–Kier alpha value is -1.62. The Labute approximate surface area is 132 Å². The summed E-state index contributed by atoms with van der Waals surface area (Å²) in [6.45, 7) is 4.10. The molecular weight excluding hydrogens is 332 g/mol. The molecule has 1 aliphatic carbocycles. The van der Waals surface area contributed by atoms with Crippen LogP contribution in [0.3, 0.4) is 0 Å². The Morgan fingerprint density at radius 1 is 1.19 bits per heavy atom. The number of urea groups is 1. The minimum Gasteiger partial charge on any atom is -0.327 e. The number of allylic oxidation sites excluding steroid dienone is 1. The number of amides is 2. The van der Waals surface area contributed by atoms with E-state index < -0.39 is 0 Å². The van der Waals surface area contributed by atoms with Crippen LogP contribution in [0.5, 0.6) is 0 Å². The fourth-order valence-corrected chi connectivity index (χ4v) is 3.61. The highest BCUT2D eigenvalue weighted by Crippen LogP contribution is 2.42. The molecule has 0 bridgehead atoms. The summed E-state index contributed by atoms with van der Waals surface area (Å²) in [5.74, 6) is 0.106. The molecule has 1 unspecified atom stereocenters. The van der Waals surface area contributed by atoms with Gasteiger partial charge in [0, 0.05) is 22.2 Å². The van der Waals surface area contributed by atoms with Crippen LogP contribution in [0.4, 0.5) is 4.79 Å². The summed E-state index contributed by atoms with van der Waals surface area (Å²) in [5, 5.41) is 5.69. The molecule has 5 heteroatoms. The molecule has 3 rings (SSSR count). The van der Waals surface area contributed by atoms with Gasteiger partial charge < -0.3 is 10.6 Å². The van der Waals surface area contributed by atoms with Crippen LogP contribution >= 0.6 is 15.9 Å². The summed E-state index contributed by atoms with van der Waals surface area (Å²) in [4.78, 5) is 24.5. The fourth-order valence-electron chi connectivity index (χ4n) is 3.10. The number of hydrogen-bond acceptors (Lipinski definition) is 2. The number of rotatable bonds is 1. The van der Waals surface area contributed by atoms with Crippen LogP contribution in [-0.2, 0) is 4.79 Å². The van der Waals surface area contributed by atoms with Crippen molar-refractivity contribution in [3.63, 3.8) is 0 Å². The highest BCUT2D eigenvalue weighted by molar-refractivity contribution is 9.10. The Morgan fingerprint density at radius 3 is 2.62 bits per heavy atom. The predicted molar refractivity (Wildman–Crippen MR) is 83.6 cm³/mol. The van der Waals surface area contributed by atoms with E-state index in [1.54, 1.807) is 0 Å². The molecule has 1 aromatic carbocycles. The molecule has 1 aliphatic heterocycles. The highest BCUT2D eigenvalue weighted by atomic mass is 79.9. The number of ketones is 1. The molecule has 2 N–H and O–H groups in total. The number of benzene rings is 1. The number of halogens is 1. The fraction of sp³-hybridized carbons (Fsp3) is 0.375. The van der Waals surface area contributed by atoms with Crippen LogP contribution in [0, 0.1) is 5.41 Å². The summed E-state index contributed by atoms with van der Waals surface area (Å²) in [5.41, 5.74) is 2.26. The molecule has 1 aromatic rings. The Bertz CT molecular complexity index is 664. The smallest absolute Gasteiger partial charge is 0.319 e. The summed E-state index contributed by atoms with van der Waals surface area (Å²) < 4.78 is 0.890. The molecule has 0 spiro atoms. The van der Waals surface area contributed by atoms with Crippen molar-refractivity contribution in [2.45, 2.75) is 32.7 Å². The second kappa shape index (κ2) is 4.98. The summed E-state index contributed by atoms with van der Waals surface area (Å²) in [6, 6.07) is 7.04. The zero-order valence-corrected chi connectivity index (χ0v) is 13.6. The molecule has 1 atom stereocenters. The van der Waals surface area contributed by atoms with E-state index in [2.05, 4.69) is 40.4 Å². The molecular formula is C16H17BrN2O2. The van der Waals surface area contributed by atoms with E-state index in [9.17, 15) is 9.59 Å². The van der Waals surface area contributed by atoms with Crippen LogP contribution in [-0.4, -0.2) is 11.8 Å². The molecule has 0 radical (unpaired) electrons. The minimum absolute atomic E-state index is 0.106. The molecule has 0 aromatic heterocycles. The number of hydrogen-bond donors (Lipinski definition) is 2. The van der Waals surface area contributed by atoms with Crippen LogP contribution in [0.15, 0.2) is 40.0 Å². The lowest BCUT2D eigenvalue weighted by molar-refractivity contribution is -0.118. The van der Waals surface area contributed by atoms with Gasteiger partial charge in [-0.05, 0) is 23.5 Å². The lowest BCUT2D eigenvalue weighted by Crippen LogP contribution is -2.48. The van der Waals surface area contributed by atoms with Gasteiger partial charge in [-0.25, -0.2) is 4.79 Å².